The van der Waals surface area contributed by atoms with Crippen LogP contribution < -0.4 is 10.2 Å². The Hall–Kier alpha value is -1.40. The fourth-order valence-electron chi connectivity index (χ4n) is 1.82. The zero-order valence-corrected chi connectivity index (χ0v) is 11.5. The lowest BCUT2D eigenvalue weighted by Gasteiger charge is -2.23. The van der Waals surface area contributed by atoms with Gasteiger partial charge in [-0.05, 0) is 13.8 Å². The Kier molecular flexibility index (Phi) is 5.80. The van der Waals surface area contributed by atoms with Crippen LogP contribution in [0.1, 0.15) is 12.5 Å². The summed E-state index contributed by atoms with van der Waals surface area (Å²) in [5.74, 6) is 1.65. The van der Waals surface area contributed by atoms with E-state index in [1.165, 1.54) is 6.33 Å². The summed E-state index contributed by atoms with van der Waals surface area (Å²) < 4.78 is 4.91. The molecule has 0 aromatic carbocycles. The number of likely N-dealkylation sites (N-methyl/N-ethyl adjacent to an activating group) is 1. The molecule has 0 amide bonds. The predicted octanol–water partition coefficient (Wildman–Crippen LogP) is 0.660. The molecular weight excluding hydrogens is 232 g/mol. The SMILES string of the molecule is CCNc1ncnc(N(C)CC(O)COC)c1C. The van der Waals surface area contributed by atoms with Gasteiger partial charge in [0.25, 0.3) is 0 Å². The number of ether oxygens (including phenoxy) is 1. The molecule has 0 saturated carbocycles. The van der Waals surface area contributed by atoms with E-state index in [2.05, 4.69) is 15.3 Å². The summed E-state index contributed by atoms with van der Waals surface area (Å²) in [5, 5.41) is 12.9. The fourth-order valence-corrected chi connectivity index (χ4v) is 1.82. The Morgan fingerprint density at radius 3 is 2.83 bits per heavy atom. The van der Waals surface area contributed by atoms with Gasteiger partial charge in [-0.2, -0.15) is 0 Å². The normalized spacial score (nSPS) is 12.3. The van der Waals surface area contributed by atoms with Crippen molar-refractivity contribution >= 4 is 11.6 Å². The molecule has 2 N–H and O–H groups in total. The van der Waals surface area contributed by atoms with Gasteiger partial charge in [-0.25, -0.2) is 9.97 Å². The first-order valence-corrected chi connectivity index (χ1v) is 6.03. The van der Waals surface area contributed by atoms with Gasteiger partial charge < -0.3 is 20.1 Å². The summed E-state index contributed by atoms with van der Waals surface area (Å²) in [6.07, 6.45) is 0.997. The second-order valence-corrected chi connectivity index (χ2v) is 4.19. The minimum absolute atomic E-state index is 0.314. The first kappa shape index (κ1) is 14.7. The van der Waals surface area contributed by atoms with Crippen LogP contribution in [0.4, 0.5) is 11.6 Å². The van der Waals surface area contributed by atoms with Crippen molar-refractivity contribution in [3.05, 3.63) is 11.9 Å². The van der Waals surface area contributed by atoms with Crippen LogP contribution in [-0.4, -0.2) is 55.0 Å². The monoisotopic (exact) mass is 254 g/mol. The topological polar surface area (TPSA) is 70.5 Å². The lowest BCUT2D eigenvalue weighted by Crippen LogP contribution is -2.33. The number of hydrogen-bond donors (Lipinski definition) is 2. The maximum absolute atomic E-state index is 9.72. The highest BCUT2D eigenvalue weighted by atomic mass is 16.5. The summed E-state index contributed by atoms with van der Waals surface area (Å²) in [6.45, 7) is 5.58. The maximum Gasteiger partial charge on any atom is 0.136 e. The Labute approximate surface area is 108 Å². The summed E-state index contributed by atoms with van der Waals surface area (Å²) in [6, 6.07) is 0. The van der Waals surface area contributed by atoms with E-state index in [1.807, 2.05) is 25.8 Å². The van der Waals surface area contributed by atoms with Crippen LogP contribution in [0, 0.1) is 6.92 Å². The third-order valence-electron chi connectivity index (χ3n) is 2.61. The molecule has 1 heterocycles. The highest BCUT2D eigenvalue weighted by molar-refractivity contribution is 5.57. The zero-order valence-electron chi connectivity index (χ0n) is 11.5. The van der Waals surface area contributed by atoms with Crippen LogP contribution in [0.2, 0.25) is 0 Å². The number of aliphatic hydroxyl groups is 1. The summed E-state index contributed by atoms with van der Waals surface area (Å²) in [7, 11) is 3.46. The van der Waals surface area contributed by atoms with Crippen molar-refractivity contribution in [2.45, 2.75) is 20.0 Å². The standard InChI is InChI=1S/C12H22N4O2/c1-5-13-11-9(2)12(15-8-14-11)16(3)6-10(17)7-18-4/h8,10,17H,5-7H2,1-4H3,(H,13,14,15). The van der Waals surface area contributed by atoms with E-state index in [0.717, 1.165) is 23.7 Å². The second kappa shape index (κ2) is 7.13. The van der Waals surface area contributed by atoms with E-state index in [1.54, 1.807) is 7.11 Å². The number of hydrogen-bond acceptors (Lipinski definition) is 6. The molecule has 0 aliphatic carbocycles. The minimum atomic E-state index is -0.531. The number of aliphatic hydroxyl groups excluding tert-OH is 1. The number of nitrogens with one attached hydrogen (secondary N) is 1. The summed E-state index contributed by atoms with van der Waals surface area (Å²) in [5.41, 5.74) is 0.978. The number of methoxy groups -OCH3 is 1. The molecule has 0 aliphatic rings. The van der Waals surface area contributed by atoms with Gasteiger partial charge in [0.05, 0.1) is 12.7 Å². The first-order chi connectivity index (χ1) is 8.60. The van der Waals surface area contributed by atoms with Crippen LogP contribution in [0.15, 0.2) is 6.33 Å². The van der Waals surface area contributed by atoms with E-state index in [0.29, 0.717) is 13.2 Å². The Bertz CT molecular complexity index is 373. The van der Waals surface area contributed by atoms with Crippen LogP contribution in [0.3, 0.4) is 0 Å². The molecule has 0 fully saturated rings. The van der Waals surface area contributed by atoms with Gasteiger partial charge in [0.15, 0.2) is 0 Å². The van der Waals surface area contributed by atoms with Gasteiger partial charge in [-0.1, -0.05) is 0 Å². The molecule has 1 rings (SSSR count). The van der Waals surface area contributed by atoms with Crippen molar-refractivity contribution in [3.8, 4) is 0 Å². The largest absolute Gasteiger partial charge is 0.389 e. The molecule has 6 nitrogen and oxygen atoms in total. The van der Waals surface area contributed by atoms with Crippen molar-refractivity contribution in [2.24, 2.45) is 0 Å². The van der Waals surface area contributed by atoms with Gasteiger partial charge in [0.1, 0.15) is 18.0 Å². The third-order valence-corrected chi connectivity index (χ3v) is 2.61. The van der Waals surface area contributed by atoms with Crippen molar-refractivity contribution in [1.82, 2.24) is 9.97 Å². The highest BCUT2D eigenvalue weighted by Crippen LogP contribution is 2.21. The Balaban J connectivity index is 2.78. The molecule has 0 spiro atoms. The first-order valence-electron chi connectivity index (χ1n) is 6.03. The number of nitrogens with zero attached hydrogens (tertiary/aromatic N) is 3. The zero-order chi connectivity index (χ0) is 13.5. The van der Waals surface area contributed by atoms with E-state index in [9.17, 15) is 5.11 Å². The van der Waals surface area contributed by atoms with Crippen molar-refractivity contribution in [1.29, 1.82) is 0 Å². The average Bonchev–Trinajstić information content (AvgIpc) is 2.32. The smallest absolute Gasteiger partial charge is 0.136 e. The third kappa shape index (κ3) is 3.82. The van der Waals surface area contributed by atoms with E-state index < -0.39 is 6.10 Å². The Morgan fingerprint density at radius 1 is 1.50 bits per heavy atom. The van der Waals surface area contributed by atoms with E-state index >= 15 is 0 Å². The van der Waals surface area contributed by atoms with Gasteiger partial charge in [0, 0.05) is 32.8 Å². The lowest BCUT2D eigenvalue weighted by atomic mass is 10.2. The molecule has 102 valence electrons. The number of anilines is 2. The van der Waals surface area contributed by atoms with Gasteiger partial charge >= 0.3 is 0 Å². The lowest BCUT2D eigenvalue weighted by molar-refractivity contribution is 0.0694. The second-order valence-electron chi connectivity index (χ2n) is 4.19. The molecule has 1 unspecified atom stereocenters. The number of aromatic nitrogens is 2. The highest BCUT2D eigenvalue weighted by Gasteiger charge is 2.14. The fraction of sp³-hybridized carbons (Fsp3) is 0.667. The summed E-state index contributed by atoms with van der Waals surface area (Å²) in [4.78, 5) is 10.4. The van der Waals surface area contributed by atoms with Crippen molar-refractivity contribution in [2.75, 3.05) is 44.1 Å². The van der Waals surface area contributed by atoms with Crippen molar-refractivity contribution < 1.29 is 9.84 Å². The van der Waals surface area contributed by atoms with Crippen LogP contribution in [0.5, 0.6) is 0 Å². The molecular formula is C12H22N4O2. The van der Waals surface area contributed by atoms with Crippen molar-refractivity contribution in [3.63, 3.8) is 0 Å². The average molecular weight is 254 g/mol. The maximum atomic E-state index is 9.72. The van der Waals surface area contributed by atoms with Crippen LogP contribution >= 0.6 is 0 Å². The van der Waals surface area contributed by atoms with E-state index in [4.69, 9.17) is 4.74 Å². The van der Waals surface area contributed by atoms with Gasteiger partial charge in [-0.3, -0.25) is 0 Å². The molecule has 0 saturated heterocycles. The molecule has 1 aromatic rings. The molecule has 0 radical (unpaired) electrons. The molecule has 18 heavy (non-hydrogen) atoms. The molecule has 0 bridgehead atoms. The summed E-state index contributed by atoms with van der Waals surface area (Å²) >= 11 is 0. The van der Waals surface area contributed by atoms with Crippen LogP contribution in [0.25, 0.3) is 0 Å². The number of rotatable bonds is 7. The molecule has 1 aromatic heterocycles. The quantitative estimate of drug-likeness (QED) is 0.745. The molecule has 0 aliphatic heterocycles. The van der Waals surface area contributed by atoms with Crippen LogP contribution in [-0.2, 0) is 4.74 Å². The minimum Gasteiger partial charge on any atom is -0.389 e. The predicted molar refractivity (Wildman–Crippen MR) is 72.1 cm³/mol. The van der Waals surface area contributed by atoms with Gasteiger partial charge in [-0.15, -0.1) is 0 Å². The van der Waals surface area contributed by atoms with E-state index in [-0.39, 0.29) is 0 Å². The molecule has 6 heteroatoms. The Morgan fingerprint density at radius 2 is 2.22 bits per heavy atom. The van der Waals surface area contributed by atoms with Gasteiger partial charge in [0.2, 0.25) is 0 Å². The molecule has 1 atom stereocenters.